The van der Waals surface area contributed by atoms with Crippen molar-refractivity contribution in [1.29, 1.82) is 0 Å². The van der Waals surface area contributed by atoms with E-state index in [0.29, 0.717) is 11.6 Å². The molecular weight excluding hydrogens is 330 g/mol. The first-order valence-electron chi connectivity index (χ1n) is 9.05. The van der Waals surface area contributed by atoms with Gasteiger partial charge in [0.1, 0.15) is 11.3 Å². The van der Waals surface area contributed by atoms with Crippen LogP contribution in [0.1, 0.15) is 23.2 Å². The second-order valence-electron chi connectivity index (χ2n) is 7.01. The molecule has 6 nitrogen and oxygen atoms in total. The zero-order valence-corrected chi connectivity index (χ0v) is 14.9. The summed E-state index contributed by atoms with van der Waals surface area (Å²) in [6, 6.07) is 10.7. The van der Waals surface area contributed by atoms with Crippen molar-refractivity contribution >= 4 is 5.91 Å². The van der Waals surface area contributed by atoms with Gasteiger partial charge in [0.15, 0.2) is 0 Å². The first-order chi connectivity index (χ1) is 12.7. The summed E-state index contributed by atoms with van der Waals surface area (Å²) in [7, 11) is 1.60. The Hall–Kier alpha value is -2.60. The number of aromatic nitrogens is 1. The lowest BCUT2D eigenvalue weighted by Gasteiger charge is -2.44. The van der Waals surface area contributed by atoms with Gasteiger partial charge < -0.3 is 15.0 Å². The summed E-state index contributed by atoms with van der Waals surface area (Å²) in [5, 5.41) is 3.09. The maximum absolute atomic E-state index is 12.8. The van der Waals surface area contributed by atoms with Gasteiger partial charge in [-0.1, -0.05) is 0 Å². The summed E-state index contributed by atoms with van der Waals surface area (Å²) in [5.74, 6) is 0.964. The van der Waals surface area contributed by atoms with Gasteiger partial charge in [0.2, 0.25) is 0 Å². The maximum atomic E-state index is 12.8. The van der Waals surface area contributed by atoms with E-state index in [1.54, 1.807) is 49.7 Å². The van der Waals surface area contributed by atoms with Crippen molar-refractivity contribution < 1.29 is 9.53 Å². The third kappa shape index (κ3) is 3.12. The van der Waals surface area contributed by atoms with Crippen molar-refractivity contribution in [3.05, 3.63) is 58.5 Å². The van der Waals surface area contributed by atoms with E-state index < -0.39 is 0 Å². The molecule has 6 heteroatoms. The molecule has 2 bridgehead atoms. The Morgan fingerprint density at radius 2 is 1.88 bits per heavy atom. The minimum absolute atomic E-state index is 0.138. The van der Waals surface area contributed by atoms with Crippen molar-refractivity contribution in [3.63, 3.8) is 0 Å². The van der Waals surface area contributed by atoms with Gasteiger partial charge in [-0.15, -0.1) is 0 Å². The number of carbonyl (C=O) groups excluding carboxylic acids is 1. The van der Waals surface area contributed by atoms with Crippen LogP contribution < -0.4 is 15.6 Å². The van der Waals surface area contributed by atoms with Gasteiger partial charge in [0.05, 0.1) is 7.11 Å². The maximum Gasteiger partial charge on any atom is 0.267 e. The summed E-state index contributed by atoms with van der Waals surface area (Å²) in [5.41, 5.74) is 0.574. The molecule has 2 aromatic rings. The minimum atomic E-state index is -0.309. The summed E-state index contributed by atoms with van der Waals surface area (Å²) in [6.45, 7) is 3.12. The van der Waals surface area contributed by atoms with Gasteiger partial charge in [-0.2, -0.15) is 0 Å². The topological polar surface area (TPSA) is 63.6 Å². The van der Waals surface area contributed by atoms with E-state index in [0.717, 1.165) is 38.2 Å². The van der Waals surface area contributed by atoms with Crippen molar-refractivity contribution in [2.24, 2.45) is 5.92 Å². The fraction of sp³-hybridized carbons (Fsp3) is 0.400. The molecule has 1 atom stereocenters. The Bertz CT molecular complexity index is 851. The van der Waals surface area contributed by atoms with Crippen LogP contribution in [0.25, 0.3) is 5.69 Å². The Kier molecular flexibility index (Phi) is 4.51. The number of fused-ring (bicyclic) bond motifs is 3. The first-order valence-corrected chi connectivity index (χ1v) is 9.05. The molecule has 0 spiro atoms. The fourth-order valence-corrected chi connectivity index (χ4v) is 3.99. The highest BCUT2D eigenvalue weighted by Gasteiger charge is 2.35. The van der Waals surface area contributed by atoms with Crippen LogP contribution >= 0.6 is 0 Å². The van der Waals surface area contributed by atoms with Gasteiger partial charge in [0.25, 0.3) is 11.5 Å². The predicted molar refractivity (Wildman–Crippen MR) is 99.0 cm³/mol. The van der Waals surface area contributed by atoms with Crippen LogP contribution in [0.4, 0.5) is 0 Å². The highest BCUT2D eigenvalue weighted by Crippen LogP contribution is 2.27. The van der Waals surface area contributed by atoms with E-state index in [9.17, 15) is 9.59 Å². The molecule has 1 unspecified atom stereocenters. The van der Waals surface area contributed by atoms with Crippen molar-refractivity contribution in [2.75, 3.05) is 26.7 Å². The number of piperidine rings is 3. The number of carbonyl (C=O) groups is 1. The third-order valence-electron chi connectivity index (χ3n) is 5.52. The average Bonchev–Trinajstić information content (AvgIpc) is 2.69. The van der Waals surface area contributed by atoms with Crippen LogP contribution in [-0.2, 0) is 0 Å². The molecule has 3 aliphatic heterocycles. The SMILES string of the molecule is COc1ccc(-n2cccc(C(=O)NC3CN4CCC3CC4)c2=O)cc1. The number of nitrogens with zero attached hydrogens (tertiary/aromatic N) is 2. The molecule has 3 fully saturated rings. The lowest BCUT2D eigenvalue weighted by Crippen LogP contribution is -2.57. The fourth-order valence-electron chi connectivity index (χ4n) is 3.99. The van der Waals surface area contributed by atoms with Crippen LogP contribution in [0.3, 0.4) is 0 Å². The van der Waals surface area contributed by atoms with Gasteiger partial charge in [-0.3, -0.25) is 14.2 Å². The van der Waals surface area contributed by atoms with Crippen molar-refractivity contribution in [2.45, 2.75) is 18.9 Å². The van der Waals surface area contributed by atoms with Crippen molar-refractivity contribution in [1.82, 2.24) is 14.8 Å². The number of amides is 1. The summed E-state index contributed by atoms with van der Waals surface area (Å²) < 4.78 is 6.64. The average molecular weight is 353 g/mol. The van der Waals surface area contributed by atoms with E-state index in [4.69, 9.17) is 4.74 Å². The monoisotopic (exact) mass is 353 g/mol. The normalized spacial score (nSPS) is 24.3. The number of rotatable bonds is 4. The molecule has 4 heterocycles. The molecule has 1 aromatic carbocycles. The number of benzene rings is 1. The van der Waals surface area contributed by atoms with Crippen LogP contribution in [0.5, 0.6) is 5.75 Å². The predicted octanol–water partition coefficient (Wildman–Crippen LogP) is 1.67. The van der Waals surface area contributed by atoms with Gasteiger partial charge in [-0.25, -0.2) is 0 Å². The Balaban J connectivity index is 1.57. The van der Waals surface area contributed by atoms with Crippen LogP contribution in [-0.4, -0.2) is 48.2 Å². The molecule has 5 rings (SSSR count). The molecule has 3 aliphatic rings. The number of pyridine rings is 1. The second kappa shape index (κ2) is 6.96. The number of hydrogen-bond acceptors (Lipinski definition) is 4. The Morgan fingerprint density at radius 1 is 1.15 bits per heavy atom. The van der Waals surface area contributed by atoms with Gasteiger partial charge in [0, 0.05) is 24.5 Å². The Morgan fingerprint density at radius 3 is 2.50 bits per heavy atom. The van der Waals surface area contributed by atoms with Crippen LogP contribution in [0.15, 0.2) is 47.4 Å². The molecule has 0 saturated carbocycles. The summed E-state index contributed by atoms with van der Waals surface area (Å²) in [4.78, 5) is 27.9. The zero-order valence-electron chi connectivity index (χ0n) is 14.9. The molecule has 1 N–H and O–H groups in total. The first kappa shape index (κ1) is 16.8. The summed E-state index contributed by atoms with van der Waals surface area (Å²) in [6.07, 6.45) is 3.92. The largest absolute Gasteiger partial charge is 0.497 e. The molecule has 136 valence electrons. The molecule has 1 aromatic heterocycles. The lowest BCUT2D eigenvalue weighted by atomic mass is 9.84. The highest BCUT2D eigenvalue weighted by atomic mass is 16.5. The summed E-state index contributed by atoms with van der Waals surface area (Å²) >= 11 is 0. The molecule has 26 heavy (non-hydrogen) atoms. The third-order valence-corrected chi connectivity index (χ3v) is 5.52. The van der Waals surface area contributed by atoms with Crippen LogP contribution in [0.2, 0.25) is 0 Å². The quantitative estimate of drug-likeness (QED) is 0.908. The standard InChI is InChI=1S/C20H23N3O3/c1-26-16-6-4-15(5-7-16)23-10-2-3-17(20(23)25)19(24)21-18-13-22-11-8-14(18)9-12-22/h2-7,10,14,18H,8-9,11-13H2,1H3,(H,21,24). The highest BCUT2D eigenvalue weighted by molar-refractivity contribution is 5.94. The lowest BCUT2D eigenvalue weighted by molar-refractivity contribution is 0.0619. The molecular formula is C20H23N3O3. The van der Waals surface area contributed by atoms with Crippen LogP contribution in [0, 0.1) is 5.92 Å². The molecule has 3 saturated heterocycles. The van der Waals surface area contributed by atoms with Gasteiger partial charge in [-0.05, 0) is 68.2 Å². The number of ether oxygens (including phenoxy) is 1. The molecule has 1 amide bonds. The van der Waals surface area contributed by atoms with E-state index >= 15 is 0 Å². The molecule has 0 radical (unpaired) electrons. The number of hydrogen-bond donors (Lipinski definition) is 1. The molecule has 0 aliphatic carbocycles. The van der Waals surface area contributed by atoms with E-state index in [1.165, 1.54) is 4.57 Å². The smallest absolute Gasteiger partial charge is 0.267 e. The zero-order chi connectivity index (χ0) is 18.1. The van der Waals surface area contributed by atoms with Crippen molar-refractivity contribution in [3.8, 4) is 11.4 Å². The Labute approximate surface area is 152 Å². The van der Waals surface area contributed by atoms with Gasteiger partial charge >= 0.3 is 0 Å². The number of methoxy groups -OCH3 is 1. The van der Waals surface area contributed by atoms with E-state index in [1.807, 2.05) is 0 Å². The van der Waals surface area contributed by atoms with E-state index in [-0.39, 0.29) is 23.1 Å². The van der Waals surface area contributed by atoms with E-state index in [2.05, 4.69) is 10.2 Å². The number of nitrogens with one attached hydrogen (secondary N) is 1. The minimum Gasteiger partial charge on any atom is -0.497 e. The second-order valence-corrected chi connectivity index (χ2v) is 7.01.